The molecule has 2 N–H and O–H groups in total. The predicted molar refractivity (Wildman–Crippen MR) is 47.2 cm³/mol. The van der Waals surface area contributed by atoms with Crippen molar-refractivity contribution in [1.29, 1.82) is 0 Å². The second-order valence-corrected chi connectivity index (χ2v) is 2.84. The first-order valence-corrected chi connectivity index (χ1v) is 3.95. The zero-order valence-electron chi connectivity index (χ0n) is 6.66. The van der Waals surface area contributed by atoms with Crippen molar-refractivity contribution in [1.82, 2.24) is 9.97 Å². The van der Waals surface area contributed by atoms with Gasteiger partial charge in [0.25, 0.3) is 0 Å². The number of nitrogens with one attached hydrogen (secondary N) is 1. The third-order valence-corrected chi connectivity index (χ3v) is 1.46. The summed E-state index contributed by atoms with van der Waals surface area (Å²) in [4.78, 5) is 7.77. The number of halogens is 1. The summed E-state index contributed by atoms with van der Waals surface area (Å²) < 4.78 is 0. The third-order valence-electron chi connectivity index (χ3n) is 1.27. The first-order chi connectivity index (χ1) is 5.72. The first kappa shape index (κ1) is 9.22. The van der Waals surface area contributed by atoms with Gasteiger partial charge in [0.1, 0.15) is 11.0 Å². The molecule has 4 nitrogen and oxygen atoms in total. The van der Waals surface area contributed by atoms with Gasteiger partial charge in [0.2, 0.25) is 0 Å². The van der Waals surface area contributed by atoms with Crippen molar-refractivity contribution in [2.75, 3.05) is 11.9 Å². The van der Waals surface area contributed by atoms with Gasteiger partial charge in [0.05, 0.1) is 19.0 Å². The van der Waals surface area contributed by atoms with Crippen LogP contribution in [0.25, 0.3) is 0 Å². The zero-order chi connectivity index (χ0) is 8.97. The van der Waals surface area contributed by atoms with Crippen molar-refractivity contribution in [2.24, 2.45) is 0 Å². The molecule has 1 rings (SSSR count). The van der Waals surface area contributed by atoms with Crippen LogP contribution in [0.15, 0.2) is 12.4 Å². The van der Waals surface area contributed by atoms with Crippen molar-refractivity contribution in [2.45, 2.75) is 13.0 Å². The maximum absolute atomic E-state index is 8.72. The summed E-state index contributed by atoms with van der Waals surface area (Å²) in [6, 6.07) is -0.0437. The molecule has 1 atom stereocenters. The minimum atomic E-state index is -0.0437. The van der Waals surface area contributed by atoms with E-state index in [1.807, 2.05) is 6.92 Å². The zero-order valence-corrected chi connectivity index (χ0v) is 7.41. The van der Waals surface area contributed by atoms with E-state index in [9.17, 15) is 0 Å². The molecule has 5 heteroatoms. The number of aliphatic hydroxyl groups excluding tert-OH is 1. The first-order valence-electron chi connectivity index (χ1n) is 3.57. The third kappa shape index (κ3) is 2.64. The fraction of sp³-hybridized carbons (Fsp3) is 0.429. The van der Waals surface area contributed by atoms with Gasteiger partial charge in [0, 0.05) is 6.04 Å². The van der Waals surface area contributed by atoms with Crippen LogP contribution in [0.1, 0.15) is 6.92 Å². The molecule has 0 saturated heterocycles. The van der Waals surface area contributed by atoms with E-state index >= 15 is 0 Å². The lowest BCUT2D eigenvalue weighted by Gasteiger charge is -2.10. The molecule has 0 spiro atoms. The Kier molecular flexibility index (Phi) is 3.25. The molecule has 1 heterocycles. The monoisotopic (exact) mass is 187 g/mol. The van der Waals surface area contributed by atoms with Crippen LogP contribution < -0.4 is 5.32 Å². The topological polar surface area (TPSA) is 58.0 Å². The second-order valence-electron chi connectivity index (χ2n) is 2.45. The summed E-state index contributed by atoms with van der Waals surface area (Å²) in [5.41, 5.74) is 0. The van der Waals surface area contributed by atoms with Crippen LogP contribution in [0.2, 0.25) is 5.15 Å². The van der Waals surface area contributed by atoms with Crippen molar-refractivity contribution < 1.29 is 5.11 Å². The number of rotatable bonds is 3. The molecule has 12 heavy (non-hydrogen) atoms. The van der Waals surface area contributed by atoms with Crippen molar-refractivity contribution in [3.8, 4) is 0 Å². The fourth-order valence-corrected chi connectivity index (χ4v) is 0.857. The Labute approximate surface area is 75.6 Å². The number of hydrogen-bond donors (Lipinski definition) is 2. The Bertz CT molecular complexity index is 256. The summed E-state index contributed by atoms with van der Waals surface area (Å²) >= 11 is 5.60. The summed E-state index contributed by atoms with van der Waals surface area (Å²) in [5, 5.41) is 12.0. The highest BCUT2D eigenvalue weighted by atomic mass is 35.5. The molecule has 0 fully saturated rings. The van der Waals surface area contributed by atoms with E-state index < -0.39 is 0 Å². The van der Waals surface area contributed by atoms with Gasteiger partial charge >= 0.3 is 0 Å². The molecule has 1 unspecified atom stereocenters. The Morgan fingerprint density at radius 1 is 1.67 bits per heavy atom. The standard InChI is InChI=1S/C7H10ClN3O/c1-5(4-12)10-7-3-9-2-6(8)11-7/h2-3,5,12H,4H2,1H3,(H,10,11). The largest absolute Gasteiger partial charge is 0.394 e. The van der Waals surface area contributed by atoms with Crippen LogP contribution in [0.3, 0.4) is 0 Å². The molecule has 0 aromatic carbocycles. The van der Waals surface area contributed by atoms with Crippen LogP contribution in [-0.2, 0) is 0 Å². The molecule has 0 radical (unpaired) electrons. The SMILES string of the molecule is CC(CO)Nc1cncc(Cl)n1. The van der Waals surface area contributed by atoms with E-state index in [2.05, 4.69) is 15.3 Å². The van der Waals surface area contributed by atoms with Crippen molar-refractivity contribution in [3.05, 3.63) is 17.5 Å². The molecule has 66 valence electrons. The van der Waals surface area contributed by atoms with E-state index in [-0.39, 0.29) is 12.6 Å². The molecule has 0 amide bonds. The number of hydrogen-bond acceptors (Lipinski definition) is 4. The molecule has 0 aliphatic rings. The lowest BCUT2D eigenvalue weighted by molar-refractivity contribution is 0.281. The lowest BCUT2D eigenvalue weighted by atomic mass is 10.4. The van der Waals surface area contributed by atoms with Crippen molar-refractivity contribution in [3.63, 3.8) is 0 Å². The molecule has 1 aromatic rings. The average Bonchev–Trinajstić information content (AvgIpc) is 2.04. The van der Waals surface area contributed by atoms with Gasteiger partial charge in [-0.05, 0) is 6.92 Å². The van der Waals surface area contributed by atoms with Crippen LogP contribution in [0, 0.1) is 0 Å². The van der Waals surface area contributed by atoms with Gasteiger partial charge in [-0.25, -0.2) is 4.98 Å². The maximum atomic E-state index is 8.72. The summed E-state index contributed by atoms with van der Waals surface area (Å²) in [6.07, 6.45) is 3.01. The molecule has 0 aliphatic carbocycles. The molecule has 0 bridgehead atoms. The van der Waals surface area contributed by atoms with E-state index in [1.54, 1.807) is 6.20 Å². The molecular formula is C7H10ClN3O. The number of nitrogens with zero attached hydrogens (tertiary/aromatic N) is 2. The second kappa shape index (κ2) is 4.23. The smallest absolute Gasteiger partial charge is 0.149 e. The van der Waals surface area contributed by atoms with Gasteiger partial charge in [0.15, 0.2) is 0 Å². The minimum Gasteiger partial charge on any atom is -0.394 e. The van der Waals surface area contributed by atoms with Gasteiger partial charge in [-0.1, -0.05) is 11.6 Å². The Balaban J connectivity index is 2.63. The van der Waals surface area contributed by atoms with Crippen LogP contribution >= 0.6 is 11.6 Å². The van der Waals surface area contributed by atoms with Gasteiger partial charge in [-0.15, -0.1) is 0 Å². The van der Waals surface area contributed by atoms with Crippen LogP contribution in [-0.4, -0.2) is 27.7 Å². The van der Waals surface area contributed by atoms with Gasteiger partial charge in [-0.2, -0.15) is 0 Å². The molecule has 1 aromatic heterocycles. The van der Waals surface area contributed by atoms with E-state index in [0.29, 0.717) is 11.0 Å². The molecular weight excluding hydrogens is 178 g/mol. The molecule has 0 aliphatic heterocycles. The Morgan fingerprint density at radius 2 is 2.42 bits per heavy atom. The van der Waals surface area contributed by atoms with Crippen LogP contribution in [0.4, 0.5) is 5.82 Å². The summed E-state index contributed by atoms with van der Waals surface area (Å²) in [6.45, 7) is 1.89. The average molecular weight is 188 g/mol. The van der Waals surface area contributed by atoms with E-state index in [0.717, 1.165) is 0 Å². The van der Waals surface area contributed by atoms with Gasteiger partial charge in [-0.3, -0.25) is 4.98 Å². The Hall–Kier alpha value is -0.870. The van der Waals surface area contributed by atoms with Crippen LogP contribution in [0.5, 0.6) is 0 Å². The Morgan fingerprint density at radius 3 is 3.00 bits per heavy atom. The highest BCUT2D eigenvalue weighted by Gasteiger charge is 2.00. The fourth-order valence-electron chi connectivity index (χ4n) is 0.710. The van der Waals surface area contributed by atoms with Gasteiger partial charge < -0.3 is 10.4 Å². The number of anilines is 1. The van der Waals surface area contributed by atoms with E-state index in [1.165, 1.54) is 6.20 Å². The minimum absolute atomic E-state index is 0.0437. The maximum Gasteiger partial charge on any atom is 0.149 e. The highest BCUT2D eigenvalue weighted by Crippen LogP contribution is 2.07. The quantitative estimate of drug-likeness (QED) is 0.739. The van der Waals surface area contributed by atoms with Crippen molar-refractivity contribution >= 4 is 17.4 Å². The normalized spacial score (nSPS) is 12.6. The lowest BCUT2D eigenvalue weighted by Crippen LogP contribution is -2.20. The number of aromatic nitrogens is 2. The van der Waals surface area contributed by atoms with E-state index in [4.69, 9.17) is 16.7 Å². The summed E-state index contributed by atoms with van der Waals surface area (Å²) in [7, 11) is 0. The predicted octanol–water partition coefficient (Wildman–Crippen LogP) is 0.923. The molecule has 0 saturated carbocycles. The summed E-state index contributed by atoms with van der Waals surface area (Å²) in [5.74, 6) is 0.573. The highest BCUT2D eigenvalue weighted by molar-refractivity contribution is 6.29. The number of aliphatic hydroxyl groups is 1.